The molecule has 1 aromatic carbocycles. The van der Waals surface area contributed by atoms with Crippen molar-refractivity contribution in [2.45, 2.75) is 51.1 Å². The van der Waals surface area contributed by atoms with Crippen molar-refractivity contribution < 1.29 is 9.59 Å². The minimum atomic E-state index is -0.489. The van der Waals surface area contributed by atoms with Crippen molar-refractivity contribution in [3.05, 3.63) is 28.8 Å². The van der Waals surface area contributed by atoms with E-state index < -0.39 is 6.04 Å². The zero-order valence-electron chi connectivity index (χ0n) is 12.1. The van der Waals surface area contributed by atoms with Crippen LogP contribution in [0.3, 0.4) is 0 Å². The first kappa shape index (κ1) is 14.4. The molecule has 5 heteroatoms. The molecular weight excluding hydrogens is 288 g/mol. The summed E-state index contributed by atoms with van der Waals surface area (Å²) in [6.45, 7) is 1.93. The summed E-state index contributed by atoms with van der Waals surface area (Å²) in [5.41, 5.74) is 1.72. The summed E-state index contributed by atoms with van der Waals surface area (Å²) in [6, 6.07) is 5.20. The van der Waals surface area contributed by atoms with Crippen molar-refractivity contribution in [2.24, 2.45) is 0 Å². The number of nitrogens with one attached hydrogen (secondary N) is 1. The van der Waals surface area contributed by atoms with E-state index in [9.17, 15) is 9.59 Å². The smallest absolute Gasteiger partial charge is 0.252 e. The first-order valence-electron chi connectivity index (χ1n) is 7.45. The van der Waals surface area contributed by atoms with Crippen LogP contribution in [0.25, 0.3) is 0 Å². The maximum atomic E-state index is 12.5. The van der Waals surface area contributed by atoms with Gasteiger partial charge >= 0.3 is 0 Å². The lowest BCUT2D eigenvalue weighted by molar-refractivity contribution is -0.141. The average Bonchev–Trinajstić information content (AvgIpc) is 3.03. The van der Waals surface area contributed by atoms with Crippen LogP contribution in [0.5, 0.6) is 0 Å². The number of nitrogens with zero attached hydrogens (tertiary/aromatic N) is 1. The molecule has 1 aromatic rings. The Bertz CT molecular complexity index is 561. The Balaban J connectivity index is 1.78. The Morgan fingerprint density at radius 2 is 1.95 bits per heavy atom. The minimum Gasteiger partial charge on any atom is -0.372 e. The predicted molar refractivity (Wildman–Crippen MR) is 82.3 cm³/mol. The zero-order valence-corrected chi connectivity index (χ0v) is 12.8. The van der Waals surface area contributed by atoms with E-state index >= 15 is 0 Å². The number of likely N-dealkylation sites (tertiary alicyclic amines) is 1. The molecular formula is C16H19ClN2O2. The summed E-state index contributed by atoms with van der Waals surface area (Å²) in [4.78, 5) is 26.2. The fraction of sp³-hybridized carbons (Fsp3) is 0.500. The van der Waals surface area contributed by atoms with Gasteiger partial charge in [0.25, 0.3) is 5.91 Å². The lowest BCUT2D eigenvalue weighted by atomic mass is 10.1. The van der Waals surface area contributed by atoms with Gasteiger partial charge in [-0.1, -0.05) is 36.6 Å². The van der Waals surface area contributed by atoms with Crippen molar-refractivity contribution in [1.29, 1.82) is 0 Å². The molecule has 2 aliphatic rings. The number of hydrogen-bond acceptors (Lipinski definition) is 3. The molecule has 4 nitrogen and oxygen atoms in total. The molecule has 2 amide bonds. The fourth-order valence-electron chi connectivity index (χ4n) is 3.30. The van der Waals surface area contributed by atoms with E-state index in [0.29, 0.717) is 5.02 Å². The molecule has 1 saturated carbocycles. The normalized spacial score (nSPS) is 23.1. The second kappa shape index (κ2) is 5.68. The molecule has 1 aliphatic heterocycles. The largest absolute Gasteiger partial charge is 0.372 e. The number of aryl methyl sites for hydroxylation is 1. The van der Waals surface area contributed by atoms with E-state index in [1.54, 1.807) is 6.07 Å². The third-order valence-corrected chi connectivity index (χ3v) is 4.73. The predicted octanol–water partition coefficient (Wildman–Crippen LogP) is 3.13. The van der Waals surface area contributed by atoms with Gasteiger partial charge in [0.1, 0.15) is 6.04 Å². The van der Waals surface area contributed by atoms with Crippen LogP contribution in [0, 0.1) is 6.92 Å². The van der Waals surface area contributed by atoms with Gasteiger partial charge in [-0.05, 0) is 31.4 Å². The van der Waals surface area contributed by atoms with Gasteiger partial charge in [0.05, 0.1) is 17.1 Å². The number of rotatable bonds is 3. The third kappa shape index (κ3) is 2.64. The summed E-state index contributed by atoms with van der Waals surface area (Å²) in [6.07, 6.45) is 4.30. The monoisotopic (exact) mass is 306 g/mol. The Hall–Kier alpha value is -1.55. The first-order valence-corrected chi connectivity index (χ1v) is 7.83. The summed E-state index contributed by atoms with van der Waals surface area (Å²) >= 11 is 6.18. The number of halogens is 1. The van der Waals surface area contributed by atoms with Crippen molar-refractivity contribution in [3.8, 4) is 0 Å². The summed E-state index contributed by atoms with van der Waals surface area (Å²) in [7, 11) is 0. The van der Waals surface area contributed by atoms with Crippen LogP contribution in [-0.2, 0) is 9.59 Å². The maximum absolute atomic E-state index is 12.5. The highest BCUT2D eigenvalue weighted by Gasteiger charge is 2.43. The van der Waals surface area contributed by atoms with E-state index in [1.807, 2.05) is 19.1 Å². The van der Waals surface area contributed by atoms with Crippen LogP contribution in [0.1, 0.15) is 37.7 Å². The van der Waals surface area contributed by atoms with Gasteiger partial charge in [-0.2, -0.15) is 0 Å². The summed E-state index contributed by atoms with van der Waals surface area (Å²) in [5, 5.41) is 3.75. The molecule has 1 N–H and O–H groups in total. The highest BCUT2D eigenvalue weighted by atomic mass is 35.5. The van der Waals surface area contributed by atoms with Crippen molar-refractivity contribution in [1.82, 2.24) is 4.90 Å². The van der Waals surface area contributed by atoms with E-state index in [2.05, 4.69) is 5.32 Å². The van der Waals surface area contributed by atoms with Gasteiger partial charge in [0.2, 0.25) is 5.91 Å². The average molecular weight is 307 g/mol. The number of hydrogen-bond donors (Lipinski definition) is 1. The molecule has 1 saturated heterocycles. The van der Waals surface area contributed by atoms with Gasteiger partial charge in [-0.25, -0.2) is 0 Å². The number of para-hydroxylation sites is 1. The van der Waals surface area contributed by atoms with Gasteiger partial charge in [0, 0.05) is 6.04 Å². The molecule has 0 aromatic heterocycles. The highest BCUT2D eigenvalue weighted by molar-refractivity contribution is 6.33. The number of anilines is 1. The van der Waals surface area contributed by atoms with Crippen LogP contribution in [-0.4, -0.2) is 28.8 Å². The molecule has 3 rings (SSSR count). The molecule has 1 aliphatic carbocycles. The molecule has 0 bridgehead atoms. The van der Waals surface area contributed by atoms with Crippen LogP contribution >= 0.6 is 11.6 Å². The number of imide groups is 1. The van der Waals surface area contributed by atoms with Crippen LogP contribution in [0.2, 0.25) is 5.02 Å². The van der Waals surface area contributed by atoms with Crippen molar-refractivity contribution >= 4 is 29.1 Å². The zero-order chi connectivity index (χ0) is 15.0. The molecule has 0 spiro atoms. The second-order valence-corrected chi connectivity index (χ2v) is 6.28. The fourth-order valence-corrected chi connectivity index (χ4v) is 3.58. The Morgan fingerprint density at radius 3 is 2.62 bits per heavy atom. The van der Waals surface area contributed by atoms with Gasteiger partial charge in [0.15, 0.2) is 0 Å². The quantitative estimate of drug-likeness (QED) is 0.873. The standard InChI is InChI=1S/C16H19ClN2O2/c1-10-5-4-8-12(17)15(10)18-13-9-14(20)19(16(13)21)11-6-2-3-7-11/h4-5,8,11,13,18H,2-3,6-7,9H2,1H3. The Labute approximate surface area is 129 Å². The molecule has 1 heterocycles. The topological polar surface area (TPSA) is 49.4 Å². The molecule has 112 valence electrons. The highest BCUT2D eigenvalue weighted by Crippen LogP contribution is 2.31. The lowest BCUT2D eigenvalue weighted by Crippen LogP contribution is -2.41. The minimum absolute atomic E-state index is 0.0610. The van der Waals surface area contributed by atoms with Crippen molar-refractivity contribution in [3.63, 3.8) is 0 Å². The summed E-state index contributed by atoms with van der Waals surface area (Å²) < 4.78 is 0. The van der Waals surface area contributed by atoms with E-state index in [1.165, 1.54) is 4.90 Å². The van der Waals surface area contributed by atoms with Crippen molar-refractivity contribution in [2.75, 3.05) is 5.32 Å². The van der Waals surface area contributed by atoms with Crippen LogP contribution < -0.4 is 5.32 Å². The van der Waals surface area contributed by atoms with Crippen LogP contribution in [0.15, 0.2) is 18.2 Å². The molecule has 1 atom stereocenters. The number of carbonyl (C=O) groups excluding carboxylic acids is 2. The number of amides is 2. The van der Waals surface area contributed by atoms with Gasteiger partial charge < -0.3 is 5.32 Å². The lowest BCUT2D eigenvalue weighted by Gasteiger charge is -2.22. The maximum Gasteiger partial charge on any atom is 0.252 e. The second-order valence-electron chi connectivity index (χ2n) is 5.87. The van der Waals surface area contributed by atoms with Gasteiger partial charge in [-0.3, -0.25) is 14.5 Å². The first-order chi connectivity index (χ1) is 10.1. The molecule has 2 fully saturated rings. The van der Waals surface area contributed by atoms with E-state index in [0.717, 1.165) is 36.9 Å². The molecule has 0 radical (unpaired) electrons. The third-order valence-electron chi connectivity index (χ3n) is 4.41. The van der Waals surface area contributed by atoms with Gasteiger partial charge in [-0.15, -0.1) is 0 Å². The van der Waals surface area contributed by atoms with E-state index in [-0.39, 0.29) is 24.3 Å². The Kier molecular flexibility index (Phi) is 3.89. The molecule has 21 heavy (non-hydrogen) atoms. The SMILES string of the molecule is Cc1cccc(Cl)c1NC1CC(=O)N(C2CCCC2)C1=O. The summed E-state index contributed by atoms with van der Waals surface area (Å²) in [5.74, 6) is -0.166. The van der Waals surface area contributed by atoms with E-state index in [4.69, 9.17) is 11.6 Å². The van der Waals surface area contributed by atoms with Crippen LogP contribution in [0.4, 0.5) is 5.69 Å². The molecule has 1 unspecified atom stereocenters. The Morgan fingerprint density at radius 1 is 1.24 bits per heavy atom. The number of carbonyl (C=O) groups is 2. The number of benzene rings is 1.